The van der Waals surface area contributed by atoms with Crippen LogP contribution in [0.5, 0.6) is 0 Å². The molecule has 1 aliphatic rings. The van der Waals surface area contributed by atoms with Crippen LogP contribution in [0.15, 0.2) is 48.7 Å². The smallest absolute Gasteiger partial charge is 0.305 e. The molecule has 34 heavy (non-hydrogen) atoms. The molecule has 0 radical (unpaired) electrons. The van der Waals surface area contributed by atoms with Crippen molar-refractivity contribution in [2.24, 2.45) is 0 Å². The second kappa shape index (κ2) is 9.97. The van der Waals surface area contributed by atoms with E-state index >= 15 is 0 Å². The lowest BCUT2D eigenvalue weighted by Crippen LogP contribution is -2.31. The van der Waals surface area contributed by atoms with Crippen LogP contribution in [0, 0.1) is 27.7 Å². The molecule has 3 heterocycles. The number of hydrogen-bond donors (Lipinski definition) is 1. The minimum Gasteiger partial charge on any atom is -0.469 e. The first-order chi connectivity index (χ1) is 16.3. The Morgan fingerprint density at radius 3 is 2.65 bits per heavy atom. The highest BCUT2D eigenvalue weighted by Gasteiger charge is 2.41. The van der Waals surface area contributed by atoms with E-state index in [0.717, 1.165) is 5.69 Å². The summed E-state index contributed by atoms with van der Waals surface area (Å²) in [6.07, 6.45) is 2.84. The van der Waals surface area contributed by atoms with Crippen LogP contribution in [0.25, 0.3) is 5.69 Å². The highest BCUT2D eigenvalue weighted by Crippen LogP contribution is 2.41. The predicted molar refractivity (Wildman–Crippen MR) is 138 cm³/mol. The Morgan fingerprint density at radius 1 is 1.15 bits per heavy atom. The molecule has 3 aromatic rings. The number of ether oxygens (including phenoxy) is 1. The number of aryl methyl sites for hydroxylation is 3. The fraction of sp³-hybridized carbons (Fsp3) is 0.370. The van der Waals surface area contributed by atoms with E-state index in [1.54, 1.807) is 0 Å². The van der Waals surface area contributed by atoms with Gasteiger partial charge in [-0.25, -0.2) is 0 Å². The molecule has 2 atom stereocenters. The van der Waals surface area contributed by atoms with E-state index in [0.29, 0.717) is 24.5 Å². The van der Waals surface area contributed by atoms with Crippen molar-refractivity contribution in [3.8, 4) is 5.69 Å². The highest BCUT2D eigenvalue weighted by atomic mass is 32.1. The van der Waals surface area contributed by atoms with E-state index < -0.39 is 0 Å². The van der Waals surface area contributed by atoms with Gasteiger partial charge in [-0.05, 0) is 87.3 Å². The summed E-state index contributed by atoms with van der Waals surface area (Å²) < 4.78 is 7.17. The largest absolute Gasteiger partial charge is 0.469 e. The lowest BCUT2D eigenvalue weighted by Gasteiger charge is -2.28. The lowest BCUT2D eigenvalue weighted by atomic mass is 9.96. The number of rotatable bonds is 7. The number of esters is 1. The number of benzene rings is 1. The van der Waals surface area contributed by atoms with E-state index in [1.807, 2.05) is 24.4 Å². The Hall–Kier alpha value is -3.19. The molecular formula is C27H32N4O2S. The normalized spacial score (nSPS) is 17.7. The Balaban J connectivity index is 1.78. The van der Waals surface area contributed by atoms with Gasteiger partial charge >= 0.3 is 5.97 Å². The number of nitrogens with zero attached hydrogens (tertiary/aromatic N) is 3. The number of hydrogen-bond acceptors (Lipinski definition) is 4. The Labute approximate surface area is 207 Å². The summed E-state index contributed by atoms with van der Waals surface area (Å²) in [4.78, 5) is 18.6. The maximum absolute atomic E-state index is 11.7. The molecule has 0 aliphatic carbocycles. The number of thiocarbonyl (C=S) groups is 1. The van der Waals surface area contributed by atoms with Crippen molar-refractivity contribution in [1.29, 1.82) is 0 Å². The number of pyridine rings is 1. The monoisotopic (exact) mass is 476 g/mol. The lowest BCUT2D eigenvalue weighted by molar-refractivity contribution is -0.140. The second-order valence-corrected chi connectivity index (χ2v) is 9.34. The van der Waals surface area contributed by atoms with Gasteiger partial charge in [0.25, 0.3) is 0 Å². The highest BCUT2D eigenvalue weighted by molar-refractivity contribution is 7.80. The Kier molecular flexibility index (Phi) is 7.03. The first kappa shape index (κ1) is 24.0. The molecule has 1 N–H and O–H groups in total. The fourth-order valence-electron chi connectivity index (χ4n) is 4.90. The van der Waals surface area contributed by atoms with Crippen molar-refractivity contribution in [3.63, 3.8) is 0 Å². The molecule has 178 valence electrons. The van der Waals surface area contributed by atoms with Gasteiger partial charge in [0, 0.05) is 36.2 Å². The van der Waals surface area contributed by atoms with E-state index in [2.05, 4.69) is 71.7 Å². The van der Waals surface area contributed by atoms with Crippen LogP contribution >= 0.6 is 12.2 Å². The third kappa shape index (κ3) is 4.57. The molecule has 1 aromatic carbocycles. The first-order valence-electron chi connectivity index (χ1n) is 11.6. The zero-order valence-corrected chi connectivity index (χ0v) is 21.3. The summed E-state index contributed by atoms with van der Waals surface area (Å²) in [6, 6.07) is 14.7. The first-order valence-corrected chi connectivity index (χ1v) is 12.0. The molecule has 0 spiro atoms. The minimum absolute atomic E-state index is 0.0369. The topological polar surface area (TPSA) is 59.4 Å². The molecule has 4 rings (SSSR count). The molecule has 2 aromatic heterocycles. The van der Waals surface area contributed by atoms with Gasteiger partial charge < -0.3 is 19.5 Å². The minimum atomic E-state index is -0.205. The summed E-state index contributed by atoms with van der Waals surface area (Å²) in [6.45, 7) is 9.25. The van der Waals surface area contributed by atoms with Crippen LogP contribution in [0.4, 0.5) is 0 Å². The van der Waals surface area contributed by atoms with Gasteiger partial charge in [0.15, 0.2) is 5.11 Å². The van der Waals surface area contributed by atoms with E-state index in [9.17, 15) is 4.79 Å². The molecule has 6 nitrogen and oxygen atoms in total. The quantitative estimate of drug-likeness (QED) is 0.381. The molecular weight excluding hydrogens is 444 g/mol. The van der Waals surface area contributed by atoms with Crippen molar-refractivity contribution < 1.29 is 9.53 Å². The van der Waals surface area contributed by atoms with Crippen LogP contribution in [0.2, 0.25) is 0 Å². The van der Waals surface area contributed by atoms with Crippen molar-refractivity contribution in [2.45, 2.75) is 52.6 Å². The average Bonchev–Trinajstić information content (AvgIpc) is 3.31. The number of carbonyl (C=O) groups excluding carboxylic acids is 1. The van der Waals surface area contributed by atoms with Crippen LogP contribution in [0.3, 0.4) is 0 Å². The molecule has 1 saturated heterocycles. The molecule has 7 heteroatoms. The van der Waals surface area contributed by atoms with Crippen LogP contribution in [0.1, 0.15) is 58.7 Å². The SMILES string of the molecule is COC(=O)CCCN1C(=S)NC(c2ccccn2)C1c1cc(C)n(-c2cc(C)ccc2C)c1C. The van der Waals surface area contributed by atoms with Crippen LogP contribution in [-0.4, -0.2) is 39.2 Å². The summed E-state index contributed by atoms with van der Waals surface area (Å²) in [7, 11) is 1.42. The number of carbonyl (C=O) groups is 1. The zero-order chi connectivity index (χ0) is 24.4. The third-order valence-corrected chi connectivity index (χ3v) is 6.95. The molecule has 0 saturated carbocycles. The fourth-order valence-corrected chi connectivity index (χ4v) is 5.23. The second-order valence-electron chi connectivity index (χ2n) is 8.95. The zero-order valence-electron chi connectivity index (χ0n) is 20.5. The van der Waals surface area contributed by atoms with Crippen LogP contribution in [-0.2, 0) is 9.53 Å². The van der Waals surface area contributed by atoms with Crippen molar-refractivity contribution in [1.82, 2.24) is 19.8 Å². The number of methoxy groups -OCH3 is 1. The van der Waals surface area contributed by atoms with Gasteiger partial charge in [0.2, 0.25) is 0 Å². The summed E-state index contributed by atoms with van der Waals surface area (Å²) >= 11 is 5.78. The maximum atomic E-state index is 11.7. The summed E-state index contributed by atoms with van der Waals surface area (Å²) in [5, 5.41) is 4.19. The predicted octanol–water partition coefficient (Wildman–Crippen LogP) is 5.03. The van der Waals surface area contributed by atoms with Crippen molar-refractivity contribution >= 4 is 23.3 Å². The van der Waals surface area contributed by atoms with Crippen molar-refractivity contribution in [3.05, 3.63) is 82.4 Å². The molecule has 1 aliphatic heterocycles. The molecule has 0 amide bonds. The molecule has 2 unspecified atom stereocenters. The Morgan fingerprint density at radius 2 is 1.94 bits per heavy atom. The van der Waals surface area contributed by atoms with Crippen LogP contribution < -0.4 is 5.32 Å². The van der Waals surface area contributed by atoms with Gasteiger partial charge in [0.1, 0.15) is 0 Å². The van der Waals surface area contributed by atoms with Gasteiger partial charge in [0.05, 0.1) is 24.9 Å². The molecule has 1 fully saturated rings. The van der Waals surface area contributed by atoms with E-state index in [1.165, 1.54) is 40.9 Å². The van der Waals surface area contributed by atoms with Gasteiger partial charge in [-0.15, -0.1) is 0 Å². The van der Waals surface area contributed by atoms with Crippen molar-refractivity contribution in [2.75, 3.05) is 13.7 Å². The summed E-state index contributed by atoms with van der Waals surface area (Å²) in [5.74, 6) is -0.205. The van der Waals surface area contributed by atoms with Gasteiger partial charge in [-0.1, -0.05) is 18.2 Å². The van der Waals surface area contributed by atoms with Gasteiger partial charge in [-0.2, -0.15) is 0 Å². The maximum Gasteiger partial charge on any atom is 0.305 e. The molecule has 0 bridgehead atoms. The average molecular weight is 477 g/mol. The number of aromatic nitrogens is 2. The van der Waals surface area contributed by atoms with E-state index in [4.69, 9.17) is 17.0 Å². The van der Waals surface area contributed by atoms with E-state index in [-0.39, 0.29) is 18.1 Å². The number of nitrogens with one attached hydrogen (secondary N) is 1. The standard InChI is InChI=1S/C27H32N4O2S/c1-17-11-12-18(2)23(15-17)31-19(3)16-21(20(31)4)26-25(22-9-6-7-13-28-22)29-27(34)30(26)14-8-10-24(32)33-5/h6-7,9,11-13,15-16,25-26H,8,10,14H2,1-5H3,(H,29,34). The van der Waals surface area contributed by atoms with Gasteiger partial charge in [-0.3, -0.25) is 9.78 Å². The Bertz CT molecular complexity index is 1200. The summed E-state index contributed by atoms with van der Waals surface area (Å²) in [5.41, 5.74) is 8.17. The third-order valence-electron chi connectivity index (χ3n) is 6.60.